The molecule has 40 heavy (non-hydrogen) atoms. The number of hydrogen-bond acceptors (Lipinski definition) is 5. The van der Waals surface area contributed by atoms with Crippen molar-refractivity contribution in [3.8, 4) is 16.9 Å². The van der Waals surface area contributed by atoms with E-state index in [1.165, 1.54) is 49.9 Å². The molecular weight excluding hydrogens is 542 g/mol. The van der Waals surface area contributed by atoms with Gasteiger partial charge in [-0.15, -0.1) is 0 Å². The first-order valence-corrected chi connectivity index (χ1v) is 14.6. The number of ether oxygens (including phenoxy) is 3. The molecule has 1 aliphatic heterocycles. The van der Waals surface area contributed by atoms with Gasteiger partial charge < -0.3 is 14.2 Å². The number of nitrogens with zero attached hydrogens (tertiary/aromatic N) is 1. The number of benzene rings is 2. The van der Waals surface area contributed by atoms with Crippen LogP contribution in [0.3, 0.4) is 0 Å². The first-order chi connectivity index (χ1) is 19.2. The molecule has 0 aromatic heterocycles. The van der Waals surface area contributed by atoms with Crippen molar-refractivity contribution in [1.82, 2.24) is 0 Å². The van der Waals surface area contributed by atoms with E-state index in [0.29, 0.717) is 37.9 Å². The van der Waals surface area contributed by atoms with Gasteiger partial charge in [0.15, 0.2) is 6.29 Å². The van der Waals surface area contributed by atoms with Gasteiger partial charge in [0.25, 0.3) is 0 Å². The van der Waals surface area contributed by atoms with Crippen LogP contribution in [0.4, 0.5) is 23.2 Å². The van der Waals surface area contributed by atoms with Crippen molar-refractivity contribution in [1.29, 1.82) is 0 Å². The summed E-state index contributed by atoms with van der Waals surface area (Å²) in [5.74, 6) is -0.801. The van der Waals surface area contributed by atoms with Crippen LogP contribution in [0.15, 0.2) is 41.4 Å². The lowest BCUT2D eigenvalue weighted by Gasteiger charge is -2.41. The lowest BCUT2D eigenvalue weighted by Crippen LogP contribution is -2.43. The summed E-state index contributed by atoms with van der Waals surface area (Å²) in [6, 6.07) is 7.39. The fraction of sp³-hybridized carbons (Fsp3) is 0.581. The van der Waals surface area contributed by atoms with Gasteiger partial charge in [-0.25, -0.2) is 8.78 Å². The molecule has 2 aromatic carbocycles. The third kappa shape index (κ3) is 6.76. The van der Waals surface area contributed by atoms with Gasteiger partial charge in [0.2, 0.25) is 0 Å². The number of isothiocyanates is 1. The van der Waals surface area contributed by atoms with Crippen molar-refractivity contribution in [3.05, 3.63) is 48.0 Å². The Bertz CT molecular complexity index is 1210. The van der Waals surface area contributed by atoms with Crippen LogP contribution in [-0.2, 0) is 9.47 Å². The molecule has 1 saturated heterocycles. The van der Waals surface area contributed by atoms with E-state index in [4.69, 9.17) is 14.2 Å². The molecule has 0 spiro atoms. The highest BCUT2D eigenvalue weighted by atomic mass is 32.1. The van der Waals surface area contributed by atoms with Crippen molar-refractivity contribution < 1.29 is 31.8 Å². The van der Waals surface area contributed by atoms with Gasteiger partial charge in [-0.2, -0.15) is 13.8 Å². The Morgan fingerprint density at radius 3 is 2.15 bits per heavy atom. The molecule has 2 aromatic rings. The second-order valence-corrected chi connectivity index (χ2v) is 11.8. The third-order valence-corrected chi connectivity index (χ3v) is 9.02. The average Bonchev–Trinajstić information content (AvgIpc) is 2.95. The van der Waals surface area contributed by atoms with Crippen LogP contribution in [0, 0.1) is 41.2 Å². The van der Waals surface area contributed by atoms with Gasteiger partial charge in [-0.05, 0) is 92.4 Å². The van der Waals surface area contributed by atoms with E-state index in [1.807, 2.05) is 0 Å². The van der Waals surface area contributed by atoms with E-state index in [-0.39, 0.29) is 47.6 Å². The summed E-state index contributed by atoms with van der Waals surface area (Å²) in [6.45, 7) is 3.68. The minimum Gasteiger partial charge on any atom is -0.432 e. The Morgan fingerprint density at radius 1 is 0.850 bits per heavy atom. The molecule has 0 bridgehead atoms. The van der Waals surface area contributed by atoms with Gasteiger partial charge in [-0.1, -0.05) is 25.8 Å². The summed E-state index contributed by atoms with van der Waals surface area (Å²) in [4.78, 5) is 3.59. The number of halogens is 4. The van der Waals surface area contributed by atoms with Gasteiger partial charge in [-0.3, -0.25) is 0 Å². The van der Waals surface area contributed by atoms with E-state index >= 15 is 8.78 Å². The number of thiocarbonyl (C=S) groups is 1. The number of hydrogen-bond donors (Lipinski definition) is 0. The van der Waals surface area contributed by atoms with Crippen LogP contribution in [0.25, 0.3) is 11.1 Å². The summed E-state index contributed by atoms with van der Waals surface area (Å²) in [6.07, 6.45) is 2.84. The molecule has 5 rings (SSSR count). The van der Waals surface area contributed by atoms with E-state index in [2.05, 4.69) is 29.3 Å². The van der Waals surface area contributed by atoms with Crippen LogP contribution in [0.2, 0.25) is 0 Å². The third-order valence-electron chi connectivity index (χ3n) is 8.93. The van der Waals surface area contributed by atoms with Gasteiger partial charge in [0, 0.05) is 23.5 Å². The van der Waals surface area contributed by atoms with Crippen molar-refractivity contribution >= 4 is 23.1 Å². The maximum atomic E-state index is 15.1. The maximum absolute atomic E-state index is 15.1. The van der Waals surface area contributed by atoms with Crippen LogP contribution < -0.4 is 4.74 Å². The quantitative estimate of drug-likeness (QED) is 0.187. The molecule has 0 amide bonds. The van der Waals surface area contributed by atoms with Gasteiger partial charge >= 0.3 is 6.11 Å². The largest absolute Gasteiger partial charge is 0.432 e. The molecule has 0 radical (unpaired) electrons. The molecule has 2 saturated carbocycles. The molecule has 2 aliphatic carbocycles. The Hall–Kier alpha value is -2.32. The molecule has 3 aliphatic rings. The Kier molecular flexibility index (Phi) is 9.25. The molecule has 216 valence electrons. The Balaban J connectivity index is 1.13. The highest BCUT2D eigenvalue weighted by Crippen LogP contribution is 2.43. The zero-order valence-corrected chi connectivity index (χ0v) is 23.4. The molecular formula is C31H35F4NO3S. The predicted molar refractivity (Wildman–Crippen MR) is 148 cm³/mol. The van der Waals surface area contributed by atoms with E-state index in [1.54, 1.807) is 0 Å². The van der Waals surface area contributed by atoms with Gasteiger partial charge in [0.1, 0.15) is 23.1 Å². The highest BCUT2D eigenvalue weighted by molar-refractivity contribution is 7.78. The topological polar surface area (TPSA) is 40.0 Å². The second-order valence-electron chi connectivity index (χ2n) is 11.6. The Labute approximate surface area is 238 Å². The first-order valence-electron chi connectivity index (χ1n) is 14.2. The zero-order chi connectivity index (χ0) is 28.3. The normalized spacial score (nSPS) is 29.4. The fourth-order valence-corrected chi connectivity index (χ4v) is 6.51. The zero-order valence-electron chi connectivity index (χ0n) is 22.6. The van der Waals surface area contributed by atoms with Crippen LogP contribution in [0.1, 0.15) is 58.3 Å². The molecule has 0 N–H and O–H groups in total. The van der Waals surface area contributed by atoms with Gasteiger partial charge in [0.05, 0.1) is 24.3 Å². The number of aliphatic imine (C=N–C) groups is 1. The van der Waals surface area contributed by atoms with Crippen molar-refractivity contribution in [3.63, 3.8) is 0 Å². The van der Waals surface area contributed by atoms with Crippen LogP contribution in [0.5, 0.6) is 5.75 Å². The molecule has 3 fully saturated rings. The predicted octanol–water partition coefficient (Wildman–Crippen LogP) is 8.96. The van der Waals surface area contributed by atoms with E-state index < -0.39 is 23.7 Å². The number of rotatable bonds is 7. The molecule has 0 unspecified atom stereocenters. The van der Waals surface area contributed by atoms with Crippen LogP contribution >= 0.6 is 12.2 Å². The van der Waals surface area contributed by atoms with Crippen molar-refractivity contribution in [2.24, 2.45) is 34.6 Å². The summed E-state index contributed by atoms with van der Waals surface area (Å²) in [5.41, 5.74) is 0.274. The van der Waals surface area contributed by atoms with E-state index in [0.717, 1.165) is 18.1 Å². The van der Waals surface area contributed by atoms with E-state index in [9.17, 15) is 8.78 Å². The lowest BCUT2D eigenvalue weighted by molar-refractivity contribution is -0.251. The smallest absolute Gasteiger partial charge is 0.400 e. The summed E-state index contributed by atoms with van der Waals surface area (Å²) in [7, 11) is 0. The second kappa shape index (κ2) is 12.7. The summed E-state index contributed by atoms with van der Waals surface area (Å²) >= 11 is 4.48. The molecule has 1 heterocycles. The molecule has 9 heteroatoms. The minimum absolute atomic E-state index is 0.0200. The number of alkyl halides is 2. The minimum atomic E-state index is -3.46. The highest BCUT2D eigenvalue weighted by Gasteiger charge is 2.46. The van der Waals surface area contributed by atoms with Crippen LogP contribution in [-0.4, -0.2) is 30.8 Å². The SMILES string of the molecule is CC1CCC(C2COC(C3CCC(C(F)(F)Oc4ccc(-c5ccc(N=C=S)c(F)c5)c(F)c4)CC3)OC2)CC1. The standard InChI is InChI=1S/C31H35F4NO3S/c1-19-2-4-20(5-3-19)23-16-37-30(38-17-23)21-6-9-24(10-7-21)31(34,35)39-25-11-12-26(27(32)15-25)22-8-13-29(36-18-40)28(33)14-22/h8,11-15,19-21,23-24,30H,2-7,9-10,16-17H2,1H3. The maximum Gasteiger partial charge on any atom is 0.400 e. The monoisotopic (exact) mass is 577 g/mol. The molecule has 0 atom stereocenters. The molecule has 4 nitrogen and oxygen atoms in total. The fourth-order valence-electron chi connectivity index (χ4n) is 6.41. The Morgan fingerprint density at radius 2 is 1.52 bits per heavy atom. The van der Waals surface area contributed by atoms with Crippen molar-refractivity contribution in [2.75, 3.05) is 13.2 Å². The lowest BCUT2D eigenvalue weighted by atomic mass is 9.76. The summed E-state index contributed by atoms with van der Waals surface area (Å²) in [5, 5.41) is 2.08. The first kappa shape index (κ1) is 29.2. The van der Waals surface area contributed by atoms with Crippen molar-refractivity contribution in [2.45, 2.75) is 70.7 Å². The summed E-state index contributed by atoms with van der Waals surface area (Å²) < 4.78 is 76.4. The average molecular weight is 578 g/mol.